The maximum Gasteiger partial charge on any atom is 0.234 e. The Bertz CT molecular complexity index is 1270. The Labute approximate surface area is 195 Å². The van der Waals surface area contributed by atoms with Crippen molar-refractivity contribution in [2.45, 2.75) is 18.6 Å². The summed E-state index contributed by atoms with van der Waals surface area (Å²) in [6.45, 7) is 1.89. The van der Waals surface area contributed by atoms with Gasteiger partial charge in [-0.1, -0.05) is 36.0 Å². The normalized spacial score (nSPS) is 10.7. The van der Waals surface area contributed by atoms with Gasteiger partial charge < -0.3 is 14.5 Å². The summed E-state index contributed by atoms with van der Waals surface area (Å²) in [4.78, 5) is 24.1. The predicted molar refractivity (Wildman–Crippen MR) is 126 cm³/mol. The number of anilines is 1. The van der Waals surface area contributed by atoms with E-state index in [4.69, 9.17) is 9.15 Å². The van der Waals surface area contributed by atoms with Crippen LogP contribution in [0.2, 0.25) is 0 Å². The minimum Gasteiger partial charge on any atom is -0.496 e. The number of ether oxygens (including phenoxy) is 1. The van der Waals surface area contributed by atoms with Gasteiger partial charge in [-0.15, -0.1) is 10.2 Å². The maximum absolute atomic E-state index is 12.6. The van der Waals surface area contributed by atoms with Crippen molar-refractivity contribution in [1.82, 2.24) is 14.8 Å². The lowest BCUT2D eigenvalue weighted by atomic mass is 10.1. The summed E-state index contributed by atoms with van der Waals surface area (Å²) in [6.07, 6.45) is 1.61. The molecule has 0 fully saturated rings. The molecule has 0 saturated heterocycles. The van der Waals surface area contributed by atoms with Crippen LogP contribution < -0.4 is 10.1 Å². The Balaban J connectivity index is 1.55. The molecule has 0 saturated carbocycles. The van der Waals surface area contributed by atoms with Crippen LogP contribution in [0.4, 0.5) is 5.69 Å². The molecule has 1 N–H and O–H groups in total. The molecule has 0 aliphatic heterocycles. The first-order chi connectivity index (χ1) is 16.0. The monoisotopic (exact) mass is 462 g/mol. The molecule has 1 amide bonds. The van der Waals surface area contributed by atoms with E-state index in [0.717, 1.165) is 11.3 Å². The van der Waals surface area contributed by atoms with E-state index in [0.29, 0.717) is 34.5 Å². The first kappa shape index (κ1) is 22.3. The second-order valence-electron chi connectivity index (χ2n) is 7.15. The number of nitrogens with one attached hydrogen (secondary N) is 1. The topological polar surface area (TPSA) is 99.3 Å². The molecule has 0 bridgehead atoms. The Morgan fingerprint density at radius 1 is 1.09 bits per heavy atom. The number of amides is 1. The van der Waals surface area contributed by atoms with Gasteiger partial charge in [-0.25, -0.2) is 0 Å². The van der Waals surface area contributed by atoms with Gasteiger partial charge in [0.15, 0.2) is 16.8 Å². The molecule has 2 heterocycles. The zero-order chi connectivity index (χ0) is 23.2. The fourth-order valence-corrected chi connectivity index (χ4v) is 4.01. The van der Waals surface area contributed by atoms with Crippen molar-refractivity contribution in [3.8, 4) is 17.1 Å². The summed E-state index contributed by atoms with van der Waals surface area (Å²) in [5.41, 5.74) is 1.90. The molecule has 0 aliphatic carbocycles. The largest absolute Gasteiger partial charge is 0.496 e. The molecule has 0 spiro atoms. The number of Topliss-reactive ketones (excluding diaryl/α,β-unsaturated/α-hetero) is 1. The van der Waals surface area contributed by atoms with Crippen LogP contribution in [0.5, 0.6) is 5.75 Å². The molecule has 0 radical (unpaired) electrons. The lowest BCUT2D eigenvalue weighted by molar-refractivity contribution is -0.113. The van der Waals surface area contributed by atoms with Gasteiger partial charge in [0.25, 0.3) is 0 Å². The number of rotatable bonds is 9. The van der Waals surface area contributed by atoms with E-state index in [1.807, 2.05) is 41.0 Å². The fraction of sp³-hybridized carbons (Fsp3) is 0.167. The summed E-state index contributed by atoms with van der Waals surface area (Å²) in [7, 11) is 1.60. The van der Waals surface area contributed by atoms with E-state index in [1.54, 1.807) is 37.6 Å². The second kappa shape index (κ2) is 10.2. The van der Waals surface area contributed by atoms with Gasteiger partial charge in [-0.2, -0.15) is 0 Å². The smallest absolute Gasteiger partial charge is 0.234 e. The van der Waals surface area contributed by atoms with Crippen molar-refractivity contribution in [2.75, 3.05) is 18.2 Å². The number of carbonyl (C=O) groups excluding carboxylic acids is 2. The zero-order valence-electron chi connectivity index (χ0n) is 18.1. The number of ketones is 1. The molecule has 168 valence electrons. The molecule has 8 nitrogen and oxygen atoms in total. The lowest BCUT2D eigenvalue weighted by Crippen LogP contribution is -2.15. The Morgan fingerprint density at radius 3 is 2.70 bits per heavy atom. The average molecular weight is 463 g/mol. The molecule has 4 aromatic rings. The highest BCUT2D eigenvalue weighted by molar-refractivity contribution is 7.99. The van der Waals surface area contributed by atoms with Gasteiger partial charge in [0.2, 0.25) is 5.91 Å². The van der Waals surface area contributed by atoms with Gasteiger partial charge in [-0.05, 0) is 43.3 Å². The summed E-state index contributed by atoms with van der Waals surface area (Å²) in [6, 6.07) is 18.1. The summed E-state index contributed by atoms with van der Waals surface area (Å²) in [5.74, 6) is 1.86. The Morgan fingerprint density at radius 2 is 1.94 bits per heavy atom. The van der Waals surface area contributed by atoms with Crippen molar-refractivity contribution in [3.05, 3.63) is 78.3 Å². The summed E-state index contributed by atoms with van der Waals surface area (Å²) >= 11 is 1.26. The molecule has 2 aromatic heterocycles. The number of nitrogens with zero attached hydrogens (tertiary/aromatic N) is 3. The zero-order valence-corrected chi connectivity index (χ0v) is 19.0. The highest BCUT2D eigenvalue weighted by atomic mass is 32.2. The van der Waals surface area contributed by atoms with Gasteiger partial charge in [0.1, 0.15) is 11.5 Å². The number of carbonyl (C=O) groups is 2. The predicted octanol–water partition coefficient (Wildman–Crippen LogP) is 4.53. The van der Waals surface area contributed by atoms with Crippen molar-refractivity contribution in [1.29, 1.82) is 0 Å². The molecule has 9 heteroatoms. The minimum absolute atomic E-state index is 0.0598. The molecule has 4 rings (SSSR count). The number of hydrogen-bond donors (Lipinski definition) is 1. The minimum atomic E-state index is -0.216. The number of para-hydroxylation sites is 1. The number of aromatic nitrogens is 3. The third-order valence-electron chi connectivity index (χ3n) is 4.84. The van der Waals surface area contributed by atoms with Crippen molar-refractivity contribution < 1.29 is 18.7 Å². The Kier molecular flexibility index (Phi) is 6.89. The highest BCUT2D eigenvalue weighted by Gasteiger charge is 2.19. The van der Waals surface area contributed by atoms with Gasteiger partial charge in [0, 0.05) is 11.3 Å². The number of benzene rings is 2. The third-order valence-corrected chi connectivity index (χ3v) is 5.81. The average Bonchev–Trinajstić information content (AvgIpc) is 3.48. The van der Waals surface area contributed by atoms with Crippen LogP contribution in [-0.2, 0) is 11.3 Å². The molecular weight excluding hydrogens is 440 g/mol. The Hall–Kier alpha value is -3.85. The third kappa shape index (κ3) is 5.32. The maximum atomic E-state index is 12.6. The highest BCUT2D eigenvalue weighted by Crippen LogP contribution is 2.31. The van der Waals surface area contributed by atoms with Gasteiger partial charge >= 0.3 is 0 Å². The summed E-state index contributed by atoms with van der Waals surface area (Å²) < 4.78 is 12.9. The van der Waals surface area contributed by atoms with Crippen LogP contribution >= 0.6 is 11.8 Å². The summed E-state index contributed by atoms with van der Waals surface area (Å²) in [5, 5.41) is 12.1. The van der Waals surface area contributed by atoms with E-state index in [2.05, 4.69) is 15.5 Å². The second-order valence-corrected chi connectivity index (χ2v) is 8.09. The van der Waals surface area contributed by atoms with Crippen LogP contribution in [-0.4, -0.2) is 39.3 Å². The van der Waals surface area contributed by atoms with Gasteiger partial charge in [-0.3, -0.25) is 14.2 Å². The standard InChI is InChI=1S/C24H22N4O4S/c1-16(29)17-7-5-8-18(13-17)25-22(30)15-33-24-27-26-23(20-10-3-4-11-21(20)31-2)28(24)14-19-9-6-12-32-19/h3-13H,14-15H2,1-2H3,(H,25,30). The molecule has 0 unspecified atom stereocenters. The van der Waals surface area contributed by atoms with Gasteiger partial charge in [0.05, 0.1) is 31.2 Å². The van der Waals surface area contributed by atoms with E-state index >= 15 is 0 Å². The fourth-order valence-electron chi connectivity index (χ4n) is 3.27. The van der Waals surface area contributed by atoms with Crippen molar-refractivity contribution in [3.63, 3.8) is 0 Å². The first-order valence-electron chi connectivity index (χ1n) is 10.2. The van der Waals surface area contributed by atoms with E-state index in [-0.39, 0.29) is 17.4 Å². The van der Waals surface area contributed by atoms with Crippen LogP contribution in [0.3, 0.4) is 0 Å². The molecule has 0 aliphatic rings. The van der Waals surface area contributed by atoms with Crippen LogP contribution in [0, 0.1) is 0 Å². The van der Waals surface area contributed by atoms with E-state index in [1.165, 1.54) is 18.7 Å². The van der Waals surface area contributed by atoms with E-state index < -0.39 is 0 Å². The van der Waals surface area contributed by atoms with Crippen LogP contribution in [0.25, 0.3) is 11.4 Å². The van der Waals surface area contributed by atoms with E-state index in [9.17, 15) is 9.59 Å². The quantitative estimate of drug-likeness (QED) is 0.288. The molecular formula is C24H22N4O4S. The number of hydrogen-bond acceptors (Lipinski definition) is 7. The van der Waals surface area contributed by atoms with Crippen LogP contribution in [0.1, 0.15) is 23.0 Å². The molecule has 2 aromatic carbocycles. The molecule has 33 heavy (non-hydrogen) atoms. The number of methoxy groups -OCH3 is 1. The first-order valence-corrected chi connectivity index (χ1v) is 11.2. The number of furan rings is 1. The SMILES string of the molecule is COc1ccccc1-c1nnc(SCC(=O)Nc2cccc(C(C)=O)c2)n1Cc1ccco1. The van der Waals surface area contributed by atoms with Crippen LogP contribution in [0.15, 0.2) is 76.5 Å². The van der Waals surface area contributed by atoms with Crippen molar-refractivity contribution >= 4 is 29.1 Å². The number of thioether (sulfide) groups is 1. The molecule has 0 atom stereocenters. The van der Waals surface area contributed by atoms with Crippen molar-refractivity contribution in [2.24, 2.45) is 0 Å². The lowest BCUT2D eigenvalue weighted by Gasteiger charge is -2.11.